The Morgan fingerprint density at radius 1 is 1.60 bits per heavy atom. The Morgan fingerprint density at radius 2 is 2.33 bits per heavy atom. The minimum Gasteiger partial charge on any atom is -0.480 e. The van der Waals surface area contributed by atoms with Crippen molar-refractivity contribution in [1.82, 2.24) is 10.2 Å². The molecule has 0 aliphatic rings. The van der Waals surface area contributed by atoms with E-state index in [0.29, 0.717) is 16.2 Å². The highest BCUT2D eigenvalue weighted by Gasteiger charge is 2.15. The van der Waals surface area contributed by atoms with Gasteiger partial charge in [0, 0.05) is 5.39 Å². The molecule has 6 heteroatoms. The molecule has 1 unspecified atom stereocenters. The highest BCUT2D eigenvalue weighted by atomic mass is 35.5. The minimum absolute atomic E-state index is 0.431. The lowest BCUT2D eigenvalue weighted by Gasteiger charge is -2.05. The number of aromatic amines is 1. The third-order valence-electron chi connectivity index (χ3n) is 2.16. The summed E-state index contributed by atoms with van der Waals surface area (Å²) in [6.07, 6.45) is 0. The second kappa shape index (κ2) is 3.52. The lowest BCUT2D eigenvalue weighted by Crippen LogP contribution is -2.20. The maximum absolute atomic E-state index is 10.7. The van der Waals surface area contributed by atoms with Crippen LogP contribution in [0.2, 0.25) is 5.15 Å². The van der Waals surface area contributed by atoms with Crippen LogP contribution in [0, 0.1) is 0 Å². The van der Waals surface area contributed by atoms with Gasteiger partial charge in [0.25, 0.3) is 0 Å². The number of nitrogens with two attached hydrogens (primary N) is 1. The van der Waals surface area contributed by atoms with E-state index in [4.69, 9.17) is 22.4 Å². The van der Waals surface area contributed by atoms with Crippen molar-refractivity contribution in [2.45, 2.75) is 6.04 Å². The molecule has 4 N–H and O–H groups in total. The van der Waals surface area contributed by atoms with Crippen LogP contribution < -0.4 is 5.73 Å². The maximum Gasteiger partial charge on any atom is 0.325 e. The van der Waals surface area contributed by atoms with Crippen molar-refractivity contribution in [2.24, 2.45) is 5.73 Å². The Labute approximate surface area is 89.8 Å². The molecule has 0 bridgehead atoms. The molecule has 2 rings (SSSR count). The van der Waals surface area contributed by atoms with Crippen molar-refractivity contribution in [3.63, 3.8) is 0 Å². The number of H-pyrrole nitrogens is 1. The first kappa shape index (κ1) is 9.95. The summed E-state index contributed by atoms with van der Waals surface area (Å²) in [6, 6.07) is 3.89. The molecule has 5 nitrogen and oxygen atoms in total. The predicted molar refractivity (Wildman–Crippen MR) is 55.7 cm³/mol. The SMILES string of the molecule is NC(C(=O)O)c1ccc2c(Cl)[nH]nc2c1. The molecule has 0 saturated carbocycles. The van der Waals surface area contributed by atoms with E-state index in [-0.39, 0.29) is 0 Å². The average molecular weight is 226 g/mol. The van der Waals surface area contributed by atoms with Crippen LogP contribution in [0.3, 0.4) is 0 Å². The van der Waals surface area contributed by atoms with Crippen molar-refractivity contribution >= 4 is 28.5 Å². The molecule has 15 heavy (non-hydrogen) atoms. The lowest BCUT2D eigenvalue weighted by atomic mass is 10.1. The zero-order chi connectivity index (χ0) is 11.0. The lowest BCUT2D eigenvalue weighted by molar-refractivity contribution is -0.138. The Hall–Kier alpha value is -1.59. The Balaban J connectivity index is 2.52. The normalized spacial score (nSPS) is 12.9. The predicted octanol–water partition coefficient (Wildman–Crippen LogP) is 1.30. The van der Waals surface area contributed by atoms with Crippen LogP contribution in [0.15, 0.2) is 18.2 Å². The van der Waals surface area contributed by atoms with Crippen LogP contribution in [0.25, 0.3) is 10.9 Å². The number of carboxylic acid groups (broad SMARTS) is 1. The zero-order valence-electron chi connectivity index (χ0n) is 7.57. The molecule has 0 aliphatic heterocycles. The van der Waals surface area contributed by atoms with Crippen molar-refractivity contribution in [1.29, 1.82) is 0 Å². The summed E-state index contributed by atoms with van der Waals surface area (Å²) in [5.74, 6) is -1.07. The highest BCUT2D eigenvalue weighted by molar-refractivity contribution is 6.34. The van der Waals surface area contributed by atoms with Gasteiger partial charge < -0.3 is 10.8 Å². The number of carbonyl (C=O) groups is 1. The third kappa shape index (κ3) is 1.67. The van der Waals surface area contributed by atoms with E-state index in [1.165, 1.54) is 0 Å². The first-order valence-corrected chi connectivity index (χ1v) is 4.59. The molecule has 0 amide bonds. The summed E-state index contributed by atoms with van der Waals surface area (Å²) < 4.78 is 0. The zero-order valence-corrected chi connectivity index (χ0v) is 8.32. The van der Waals surface area contributed by atoms with Gasteiger partial charge in [0.05, 0.1) is 5.52 Å². The summed E-state index contributed by atoms with van der Waals surface area (Å²) in [7, 11) is 0. The van der Waals surface area contributed by atoms with Gasteiger partial charge in [-0.1, -0.05) is 17.7 Å². The summed E-state index contributed by atoms with van der Waals surface area (Å²) in [6.45, 7) is 0. The molecule has 0 saturated heterocycles. The van der Waals surface area contributed by atoms with E-state index in [1.54, 1.807) is 18.2 Å². The number of nitrogens with zero attached hydrogens (tertiary/aromatic N) is 1. The van der Waals surface area contributed by atoms with Gasteiger partial charge in [-0.3, -0.25) is 9.89 Å². The van der Waals surface area contributed by atoms with Gasteiger partial charge in [0.15, 0.2) is 0 Å². The smallest absolute Gasteiger partial charge is 0.325 e. The van der Waals surface area contributed by atoms with Crippen molar-refractivity contribution in [3.05, 3.63) is 28.9 Å². The number of nitrogens with one attached hydrogen (secondary N) is 1. The molecule has 2 aromatic rings. The molecule has 0 spiro atoms. The van der Waals surface area contributed by atoms with Gasteiger partial charge in [-0.15, -0.1) is 0 Å². The van der Waals surface area contributed by atoms with E-state index in [0.717, 1.165) is 5.39 Å². The molecule has 1 atom stereocenters. The van der Waals surface area contributed by atoms with E-state index in [9.17, 15) is 4.79 Å². The monoisotopic (exact) mass is 225 g/mol. The number of halogens is 1. The maximum atomic E-state index is 10.7. The molecular weight excluding hydrogens is 218 g/mol. The molecule has 0 aliphatic carbocycles. The molecule has 0 fully saturated rings. The van der Waals surface area contributed by atoms with Crippen molar-refractivity contribution < 1.29 is 9.90 Å². The van der Waals surface area contributed by atoms with E-state index in [1.807, 2.05) is 0 Å². The van der Waals surface area contributed by atoms with E-state index >= 15 is 0 Å². The van der Waals surface area contributed by atoms with E-state index < -0.39 is 12.0 Å². The van der Waals surface area contributed by atoms with Crippen LogP contribution in [0.1, 0.15) is 11.6 Å². The number of aliphatic carboxylic acids is 1. The quantitative estimate of drug-likeness (QED) is 0.718. The fourth-order valence-electron chi connectivity index (χ4n) is 1.33. The number of aromatic nitrogens is 2. The summed E-state index contributed by atoms with van der Waals surface area (Å²) in [5, 5.41) is 16.4. The fourth-order valence-corrected chi connectivity index (χ4v) is 1.53. The number of hydrogen-bond donors (Lipinski definition) is 3. The molecule has 78 valence electrons. The second-order valence-electron chi connectivity index (χ2n) is 3.13. The number of hydrogen-bond acceptors (Lipinski definition) is 3. The fraction of sp³-hybridized carbons (Fsp3) is 0.111. The molecule has 1 aromatic heterocycles. The topological polar surface area (TPSA) is 92.0 Å². The van der Waals surface area contributed by atoms with Gasteiger partial charge in [-0.25, -0.2) is 0 Å². The minimum atomic E-state index is -1.07. The van der Waals surface area contributed by atoms with Crippen LogP contribution in [-0.2, 0) is 4.79 Å². The summed E-state index contributed by atoms with van der Waals surface area (Å²) in [4.78, 5) is 10.7. The summed E-state index contributed by atoms with van der Waals surface area (Å²) in [5.41, 5.74) is 6.57. The molecule has 1 aromatic carbocycles. The highest BCUT2D eigenvalue weighted by Crippen LogP contribution is 2.23. The Morgan fingerprint density at radius 3 is 3.00 bits per heavy atom. The second-order valence-corrected chi connectivity index (χ2v) is 3.51. The number of benzene rings is 1. The van der Waals surface area contributed by atoms with Crippen LogP contribution in [0.5, 0.6) is 0 Å². The number of fused-ring (bicyclic) bond motifs is 1. The first-order chi connectivity index (χ1) is 7.09. The average Bonchev–Trinajstić information content (AvgIpc) is 2.59. The summed E-state index contributed by atoms with van der Waals surface area (Å²) >= 11 is 5.80. The first-order valence-electron chi connectivity index (χ1n) is 4.21. The number of carboxylic acids is 1. The van der Waals surface area contributed by atoms with Crippen LogP contribution in [-0.4, -0.2) is 21.3 Å². The van der Waals surface area contributed by atoms with Crippen molar-refractivity contribution in [2.75, 3.05) is 0 Å². The van der Waals surface area contributed by atoms with Gasteiger partial charge >= 0.3 is 5.97 Å². The van der Waals surface area contributed by atoms with E-state index in [2.05, 4.69) is 10.2 Å². The largest absolute Gasteiger partial charge is 0.480 e. The molecule has 1 heterocycles. The Bertz CT molecular complexity index is 523. The van der Waals surface area contributed by atoms with Gasteiger partial charge in [-0.2, -0.15) is 5.10 Å². The van der Waals surface area contributed by atoms with Crippen LogP contribution in [0.4, 0.5) is 0 Å². The van der Waals surface area contributed by atoms with Gasteiger partial charge in [0.2, 0.25) is 0 Å². The number of rotatable bonds is 2. The van der Waals surface area contributed by atoms with Crippen LogP contribution >= 0.6 is 11.6 Å². The molecule has 0 radical (unpaired) electrons. The Kier molecular flexibility index (Phi) is 2.34. The van der Waals surface area contributed by atoms with Gasteiger partial charge in [0.1, 0.15) is 11.2 Å². The third-order valence-corrected chi connectivity index (χ3v) is 2.45. The molecular formula is C9H8ClN3O2. The standard InChI is InChI=1S/C9H8ClN3O2/c10-8-5-2-1-4(7(11)9(14)15)3-6(5)12-13-8/h1-3,7H,11H2,(H,12,13)(H,14,15). The van der Waals surface area contributed by atoms with Gasteiger partial charge in [-0.05, 0) is 17.7 Å². The van der Waals surface area contributed by atoms with Crippen molar-refractivity contribution in [3.8, 4) is 0 Å².